The van der Waals surface area contributed by atoms with Crippen LogP contribution >= 0.6 is 11.8 Å². The van der Waals surface area contributed by atoms with Crippen LogP contribution in [0.3, 0.4) is 0 Å². The maximum Gasteiger partial charge on any atom is 0.573 e. The molecule has 0 bridgehead atoms. The topological polar surface area (TPSA) is 9.23 Å². The second-order valence-corrected chi connectivity index (χ2v) is 5.70. The first kappa shape index (κ1) is 14.3. The summed E-state index contributed by atoms with van der Waals surface area (Å²) >= 11 is 1.89. The van der Waals surface area contributed by atoms with Crippen LogP contribution in [0.1, 0.15) is 18.4 Å². The van der Waals surface area contributed by atoms with Crippen molar-refractivity contribution >= 4 is 17.8 Å². The molecular weight excluding hydrogens is 273 g/mol. The van der Waals surface area contributed by atoms with Crippen LogP contribution in [-0.2, 0) is 0 Å². The lowest BCUT2D eigenvalue weighted by molar-refractivity contribution is -0.274. The largest absolute Gasteiger partial charge is 0.573 e. The predicted octanol–water partition coefficient (Wildman–Crippen LogP) is 4.74. The molecule has 1 aromatic carbocycles. The molecule has 0 heterocycles. The van der Waals surface area contributed by atoms with Crippen LogP contribution in [0.25, 0.3) is 6.08 Å². The summed E-state index contributed by atoms with van der Waals surface area (Å²) in [4.78, 5) is 0. The van der Waals surface area contributed by atoms with Gasteiger partial charge in [-0.2, -0.15) is 11.8 Å². The van der Waals surface area contributed by atoms with E-state index in [4.69, 9.17) is 0 Å². The molecule has 1 aliphatic rings. The number of rotatable bonds is 4. The summed E-state index contributed by atoms with van der Waals surface area (Å²) in [5, 5.41) is 0.761. The third kappa shape index (κ3) is 4.49. The number of allylic oxidation sites excluding steroid dienone is 1. The Morgan fingerprint density at radius 3 is 2.37 bits per heavy atom. The van der Waals surface area contributed by atoms with Crippen LogP contribution in [0.4, 0.5) is 13.2 Å². The molecular formula is C14H15F3OS. The van der Waals surface area contributed by atoms with E-state index >= 15 is 0 Å². The fourth-order valence-electron chi connectivity index (χ4n) is 1.98. The van der Waals surface area contributed by atoms with Crippen molar-refractivity contribution in [3.8, 4) is 5.75 Å². The molecule has 0 spiro atoms. The number of hydrogen-bond acceptors (Lipinski definition) is 2. The first-order chi connectivity index (χ1) is 8.96. The Kier molecular flexibility index (Phi) is 4.45. The molecule has 2 rings (SSSR count). The van der Waals surface area contributed by atoms with E-state index in [0.29, 0.717) is 5.92 Å². The summed E-state index contributed by atoms with van der Waals surface area (Å²) in [6.45, 7) is 0. The Bertz CT molecular complexity index is 433. The summed E-state index contributed by atoms with van der Waals surface area (Å²) in [6.07, 6.45) is 3.95. The van der Waals surface area contributed by atoms with Gasteiger partial charge >= 0.3 is 6.36 Å². The molecule has 0 radical (unpaired) electrons. The van der Waals surface area contributed by atoms with Crippen LogP contribution in [0.2, 0.25) is 0 Å². The highest BCUT2D eigenvalue weighted by Gasteiger charge is 2.31. The van der Waals surface area contributed by atoms with Gasteiger partial charge in [0, 0.05) is 5.25 Å². The number of hydrogen-bond donors (Lipinski definition) is 0. The summed E-state index contributed by atoms with van der Waals surface area (Å²) in [6, 6.07) is 5.92. The summed E-state index contributed by atoms with van der Waals surface area (Å²) in [7, 11) is 0. The minimum Gasteiger partial charge on any atom is -0.406 e. The zero-order valence-electron chi connectivity index (χ0n) is 10.5. The number of thioether (sulfide) groups is 1. The van der Waals surface area contributed by atoms with Gasteiger partial charge in [-0.25, -0.2) is 0 Å². The van der Waals surface area contributed by atoms with Crippen molar-refractivity contribution < 1.29 is 17.9 Å². The minimum atomic E-state index is -4.63. The molecule has 1 nitrogen and oxygen atoms in total. The van der Waals surface area contributed by atoms with E-state index in [0.717, 1.165) is 10.8 Å². The molecule has 1 aromatic rings. The molecule has 0 atom stereocenters. The van der Waals surface area contributed by atoms with Gasteiger partial charge in [0.2, 0.25) is 0 Å². The number of ether oxygens (including phenoxy) is 1. The van der Waals surface area contributed by atoms with Gasteiger partial charge in [-0.15, -0.1) is 13.2 Å². The van der Waals surface area contributed by atoms with E-state index in [1.54, 1.807) is 12.1 Å². The van der Waals surface area contributed by atoms with Gasteiger partial charge in [0.05, 0.1) is 0 Å². The maximum absolute atomic E-state index is 12.0. The second-order valence-electron chi connectivity index (χ2n) is 4.57. The molecule has 1 fully saturated rings. The van der Waals surface area contributed by atoms with Crippen molar-refractivity contribution in [2.75, 3.05) is 6.26 Å². The Morgan fingerprint density at radius 2 is 1.84 bits per heavy atom. The highest BCUT2D eigenvalue weighted by molar-refractivity contribution is 7.99. The lowest BCUT2D eigenvalue weighted by atomic mass is 9.84. The van der Waals surface area contributed by atoms with Gasteiger partial charge in [-0.3, -0.25) is 0 Å². The van der Waals surface area contributed by atoms with E-state index in [-0.39, 0.29) is 5.75 Å². The first-order valence-corrected chi connectivity index (χ1v) is 7.32. The lowest BCUT2D eigenvalue weighted by Gasteiger charge is -2.31. The van der Waals surface area contributed by atoms with Gasteiger partial charge in [0.15, 0.2) is 0 Å². The van der Waals surface area contributed by atoms with E-state index in [1.807, 2.05) is 17.8 Å². The molecule has 0 aliphatic heterocycles. The standard InChI is InChI=1S/C14H15F3OS/c1-19-13-8-11(9-13)3-2-10-4-6-12(7-5-10)18-14(15,16)17/h2-7,11,13H,8-9H2,1H3/b3-2+. The van der Waals surface area contributed by atoms with Crippen LogP contribution in [0, 0.1) is 5.92 Å². The quantitative estimate of drug-likeness (QED) is 0.791. The summed E-state index contributed by atoms with van der Waals surface area (Å²) in [5.41, 5.74) is 0.891. The minimum absolute atomic E-state index is 0.184. The Labute approximate surface area is 114 Å². The monoisotopic (exact) mass is 288 g/mol. The Balaban J connectivity index is 1.87. The van der Waals surface area contributed by atoms with Gasteiger partial charge in [0.25, 0.3) is 0 Å². The van der Waals surface area contributed by atoms with Crippen molar-refractivity contribution in [1.82, 2.24) is 0 Å². The van der Waals surface area contributed by atoms with Gasteiger partial charge in [0.1, 0.15) is 5.75 Å². The molecule has 104 valence electrons. The summed E-state index contributed by atoms with van der Waals surface area (Å²) in [5.74, 6) is 0.416. The van der Waals surface area contributed by atoms with Crippen LogP contribution in [0.15, 0.2) is 30.3 Å². The Hall–Kier alpha value is -1.10. The van der Waals surface area contributed by atoms with Crippen molar-refractivity contribution in [2.45, 2.75) is 24.5 Å². The van der Waals surface area contributed by atoms with Crippen molar-refractivity contribution in [1.29, 1.82) is 0 Å². The zero-order chi connectivity index (χ0) is 13.9. The van der Waals surface area contributed by atoms with Crippen molar-refractivity contribution in [2.24, 2.45) is 5.92 Å². The number of alkyl halides is 3. The van der Waals surface area contributed by atoms with Gasteiger partial charge in [-0.1, -0.05) is 24.3 Å². The zero-order valence-corrected chi connectivity index (χ0v) is 11.3. The highest BCUT2D eigenvalue weighted by Crippen LogP contribution is 2.36. The predicted molar refractivity (Wildman–Crippen MR) is 72.2 cm³/mol. The average molecular weight is 288 g/mol. The van der Waals surface area contributed by atoms with Crippen LogP contribution in [0.5, 0.6) is 5.75 Å². The third-order valence-corrected chi connectivity index (χ3v) is 4.19. The molecule has 0 saturated heterocycles. The van der Waals surface area contributed by atoms with E-state index in [1.165, 1.54) is 25.0 Å². The molecule has 5 heteroatoms. The van der Waals surface area contributed by atoms with Crippen molar-refractivity contribution in [3.05, 3.63) is 35.9 Å². The molecule has 19 heavy (non-hydrogen) atoms. The van der Waals surface area contributed by atoms with Gasteiger partial charge in [-0.05, 0) is 42.7 Å². The maximum atomic E-state index is 12.0. The first-order valence-electron chi connectivity index (χ1n) is 6.03. The van der Waals surface area contributed by atoms with Crippen LogP contribution < -0.4 is 4.74 Å². The molecule has 1 saturated carbocycles. The smallest absolute Gasteiger partial charge is 0.406 e. The van der Waals surface area contributed by atoms with Gasteiger partial charge < -0.3 is 4.74 Å². The lowest BCUT2D eigenvalue weighted by Crippen LogP contribution is -2.23. The van der Waals surface area contributed by atoms with E-state index in [2.05, 4.69) is 17.1 Å². The third-order valence-electron chi connectivity index (χ3n) is 3.14. The number of benzene rings is 1. The van der Waals surface area contributed by atoms with E-state index < -0.39 is 6.36 Å². The average Bonchev–Trinajstić information content (AvgIpc) is 2.27. The molecule has 0 unspecified atom stereocenters. The fraction of sp³-hybridized carbons (Fsp3) is 0.429. The van der Waals surface area contributed by atoms with Crippen molar-refractivity contribution in [3.63, 3.8) is 0 Å². The normalized spacial score (nSPS) is 23.4. The van der Waals surface area contributed by atoms with Crippen LogP contribution in [-0.4, -0.2) is 17.9 Å². The highest BCUT2D eigenvalue weighted by atomic mass is 32.2. The second kappa shape index (κ2) is 5.90. The molecule has 0 amide bonds. The summed E-state index contributed by atoms with van der Waals surface area (Å²) < 4.78 is 39.8. The molecule has 1 aliphatic carbocycles. The fourth-order valence-corrected chi connectivity index (χ4v) is 2.86. The molecule has 0 aromatic heterocycles. The Morgan fingerprint density at radius 1 is 1.21 bits per heavy atom. The molecule has 0 N–H and O–H groups in total. The van der Waals surface area contributed by atoms with E-state index in [9.17, 15) is 13.2 Å². The number of halogens is 3. The SMILES string of the molecule is CSC1CC(/C=C/c2ccc(OC(F)(F)F)cc2)C1.